The summed E-state index contributed by atoms with van der Waals surface area (Å²) in [6.07, 6.45) is 1.58. The summed E-state index contributed by atoms with van der Waals surface area (Å²) in [5, 5.41) is 2.92. The molecule has 0 saturated heterocycles. The molecule has 1 aromatic carbocycles. The molecule has 4 heteroatoms. The second-order valence-electron chi connectivity index (χ2n) is 2.34. The van der Waals surface area contributed by atoms with Gasteiger partial charge in [0.15, 0.2) is 0 Å². The molecule has 12 heavy (non-hydrogen) atoms. The van der Waals surface area contributed by atoms with Crippen molar-refractivity contribution in [3.63, 3.8) is 0 Å². The largest absolute Gasteiger partial charge is 0.281 e. The van der Waals surface area contributed by atoms with Crippen molar-refractivity contribution in [2.75, 3.05) is 0 Å². The van der Waals surface area contributed by atoms with Crippen LogP contribution in [-0.2, 0) is 0 Å². The molecule has 2 aromatic rings. The summed E-state index contributed by atoms with van der Waals surface area (Å²) in [6, 6.07) is 9.81. The van der Waals surface area contributed by atoms with E-state index >= 15 is 0 Å². The lowest BCUT2D eigenvalue weighted by Crippen LogP contribution is -1.94. The second-order valence-corrected chi connectivity index (χ2v) is 2.71. The zero-order valence-electron chi connectivity index (χ0n) is 6.27. The van der Waals surface area contributed by atoms with Crippen LogP contribution in [0.2, 0.25) is 0 Å². The molecule has 1 N–H and O–H groups in total. The van der Waals surface area contributed by atoms with E-state index in [0.717, 1.165) is 5.69 Å². The highest BCUT2D eigenvalue weighted by atomic mass is 32.1. The monoisotopic (exact) mass is 177 g/mol. The molecule has 2 rings (SSSR count). The molecule has 3 nitrogen and oxygen atoms in total. The lowest BCUT2D eigenvalue weighted by Gasteiger charge is -1.98. The van der Waals surface area contributed by atoms with Gasteiger partial charge in [0, 0.05) is 0 Å². The third kappa shape index (κ3) is 1.16. The number of aromatic amines is 1. The smallest absolute Gasteiger partial charge is 0.220 e. The van der Waals surface area contributed by atoms with Gasteiger partial charge in [-0.05, 0) is 24.4 Å². The first-order valence-corrected chi connectivity index (χ1v) is 3.96. The fourth-order valence-electron chi connectivity index (χ4n) is 1.02. The van der Waals surface area contributed by atoms with E-state index in [-0.39, 0.29) is 0 Å². The number of H-pyrrole nitrogens is 1. The Morgan fingerprint density at radius 3 is 2.58 bits per heavy atom. The topological polar surface area (TPSA) is 33.6 Å². The lowest BCUT2D eigenvalue weighted by molar-refractivity contribution is 0.866. The molecule has 0 spiro atoms. The van der Waals surface area contributed by atoms with E-state index in [1.807, 2.05) is 30.3 Å². The summed E-state index contributed by atoms with van der Waals surface area (Å²) in [6.45, 7) is 0. The number of hydrogen-bond acceptors (Lipinski definition) is 2. The Kier molecular flexibility index (Phi) is 1.75. The van der Waals surface area contributed by atoms with Crippen molar-refractivity contribution in [3.8, 4) is 5.69 Å². The molecule has 0 saturated carbocycles. The highest BCUT2D eigenvalue weighted by Gasteiger charge is 1.94. The van der Waals surface area contributed by atoms with E-state index in [4.69, 9.17) is 12.2 Å². The summed E-state index contributed by atoms with van der Waals surface area (Å²) in [4.78, 5) is 3.92. The van der Waals surface area contributed by atoms with E-state index < -0.39 is 0 Å². The van der Waals surface area contributed by atoms with Gasteiger partial charge in [-0.3, -0.25) is 5.10 Å². The zero-order valence-corrected chi connectivity index (χ0v) is 7.08. The van der Waals surface area contributed by atoms with Gasteiger partial charge in [-0.2, -0.15) is 0 Å². The SMILES string of the molecule is S=c1nc[nH]n1-c1ccccc1. The van der Waals surface area contributed by atoms with Crippen LogP contribution in [0.4, 0.5) is 0 Å². The summed E-state index contributed by atoms with van der Waals surface area (Å²) in [5.74, 6) is 0. The number of benzene rings is 1. The van der Waals surface area contributed by atoms with E-state index in [1.54, 1.807) is 11.0 Å². The summed E-state index contributed by atoms with van der Waals surface area (Å²) >= 11 is 4.99. The van der Waals surface area contributed by atoms with Gasteiger partial charge in [-0.25, -0.2) is 9.67 Å². The van der Waals surface area contributed by atoms with Crippen molar-refractivity contribution < 1.29 is 0 Å². The van der Waals surface area contributed by atoms with Crippen LogP contribution in [0.15, 0.2) is 36.7 Å². The van der Waals surface area contributed by atoms with E-state index in [0.29, 0.717) is 4.77 Å². The summed E-state index contributed by atoms with van der Waals surface area (Å²) in [7, 11) is 0. The molecule has 0 aliphatic carbocycles. The van der Waals surface area contributed by atoms with E-state index in [9.17, 15) is 0 Å². The second kappa shape index (κ2) is 2.91. The molecule has 0 radical (unpaired) electrons. The van der Waals surface area contributed by atoms with Crippen LogP contribution in [0.5, 0.6) is 0 Å². The number of hydrogen-bond donors (Lipinski definition) is 1. The van der Waals surface area contributed by atoms with Crippen molar-refractivity contribution in [3.05, 3.63) is 41.4 Å². The van der Waals surface area contributed by atoms with Crippen molar-refractivity contribution in [2.45, 2.75) is 0 Å². The first-order valence-electron chi connectivity index (χ1n) is 3.56. The molecular formula is C8H7N3S. The third-order valence-corrected chi connectivity index (χ3v) is 1.86. The van der Waals surface area contributed by atoms with Gasteiger partial charge in [0.05, 0.1) is 5.69 Å². The maximum Gasteiger partial charge on any atom is 0.220 e. The molecule has 0 fully saturated rings. The van der Waals surface area contributed by atoms with Crippen LogP contribution < -0.4 is 0 Å². The number of nitrogens with zero attached hydrogens (tertiary/aromatic N) is 2. The van der Waals surface area contributed by atoms with E-state index in [1.165, 1.54) is 0 Å². The summed E-state index contributed by atoms with van der Waals surface area (Å²) < 4.78 is 2.29. The van der Waals surface area contributed by atoms with Crippen LogP contribution in [0, 0.1) is 4.77 Å². The Bertz CT molecular complexity index is 415. The Hall–Kier alpha value is -1.42. The molecule has 0 aliphatic heterocycles. The normalized spacial score (nSPS) is 10.0. The first-order chi connectivity index (χ1) is 5.88. The molecule has 1 aromatic heterocycles. The van der Waals surface area contributed by atoms with Gasteiger partial charge in [0.1, 0.15) is 6.33 Å². The maximum atomic E-state index is 4.99. The average Bonchev–Trinajstić information content (AvgIpc) is 2.53. The van der Waals surface area contributed by atoms with Crippen molar-refractivity contribution >= 4 is 12.2 Å². The van der Waals surface area contributed by atoms with Crippen LogP contribution in [-0.4, -0.2) is 14.8 Å². The molecule has 60 valence electrons. The van der Waals surface area contributed by atoms with Crippen molar-refractivity contribution in [1.82, 2.24) is 14.8 Å². The minimum Gasteiger partial charge on any atom is -0.281 e. The number of nitrogens with one attached hydrogen (secondary N) is 1. The molecule has 1 heterocycles. The molecule has 0 aliphatic rings. The van der Waals surface area contributed by atoms with Crippen LogP contribution in [0.3, 0.4) is 0 Å². The minimum atomic E-state index is 0.543. The number of aromatic nitrogens is 3. The lowest BCUT2D eigenvalue weighted by atomic mass is 10.3. The summed E-state index contributed by atoms with van der Waals surface area (Å²) in [5.41, 5.74) is 1.00. The Morgan fingerprint density at radius 2 is 2.00 bits per heavy atom. The predicted octanol–water partition coefficient (Wildman–Crippen LogP) is 1.93. The van der Waals surface area contributed by atoms with Gasteiger partial charge in [0.25, 0.3) is 0 Å². The van der Waals surface area contributed by atoms with Gasteiger partial charge in [0.2, 0.25) is 4.77 Å². The Labute approximate surface area is 74.7 Å². The van der Waals surface area contributed by atoms with Gasteiger partial charge in [-0.15, -0.1) is 0 Å². The molecule has 0 atom stereocenters. The highest BCUT2D eigenvalue weighted by Crippen LogP contribution is 2.03. The quantitative estimate of drug-likeness (QED) is 0.675. The van der Waals surface area contributed by atoms with E-state index in [2.05, 4.69) is 10.1 Å². The minimum absolute atomic E-state index is 0.543. The fraction of sp³-hybridized carbons (Fsp3) is 0. The number of rotatable bonds is 1. The first kappa shape index (κ1) is 7.24. The van der Waals surface area contributed by atoms with Gasteiger partial charge in [-0.1, -0.05) is 18.2 Å². The molecule has 0 bridgehead atoms. The standard InChI is InChI=1S/C8H7N3S/c12-8-9-6-10-11(8)7-4-2-1-3-5-7/h1-6H,(H,9,10,12). The van der Waals surface area contributed by atoms with Gasteiger partial charge < -0.3 is 0 Å². The van der Waals surface area contributed by atoms with Gasteiger partial charge >= 0.3 is 0 Å². The molecular weight excluding hydrogens is 170 g/mol. The maximum absolute atomic E-state index is 4.99. The number of para-hydroxylation sites is 1. The highest BCUT2D eigenvalue weighted by molar-refractivity contribution is 7.71. The molecule has 0 unspecified atom stereocenters. The fourth-order valence-corrected chi connectivity index (χ4v) is 1.23. The third-order valence-electron chi connectivity index (χ3n) is 1.57. The van der Waals surface area contributed by atoms with Crippen LogP contribution in [0.1, 0.15) is 0 Å². The Balaban J connectivity index is 2.59. The van der Waals surface area contributed by atoms with Crippen LogP contribution in [0.25, 0.3) is 5.69 Å². The predicted molar refractivity (Wildman–Crippen MR) is 48.7 cm³/mol. The van der Waals surface area contributed by atoms with Crippen LogP contribution >= 0.6 is 12.2 Å². The molecule has 0 amide bonds. The van der Waals surface area contributed by atoms with Crippen molar-refractivity contribution in [2.24, 2.45) is 0 Å². The van der Waals surface area contributed by atoms with Crippen molar-refractivity contribution in [1.29, 1.82) is 0 Å². The average molecular weight is 177 g/mol. The Morgan fingerprint density at radius 1 is 1.25 bits per heavy atom. The zero-order chi connectivity index (χ0) is 8.39.